The highest BCUT2D eigenvalue weighted by Gasteiger charge is 2.30. The number of aryl methyl sites for hydroxylation is 1. The maximum atomic E-state index is 13.8. The molecule has 1 saturated carbocycles. The van der Waals surface area contributed by atoms with E-state index in [1.165, 1.54) is 13.3 Å². The maximum absolute atomic E-state index is 13.8. The molecular weight excluding hydrogens is 534 g/mol. The normalized spacial score (nSPS) is 17.3. The van der Waals surface area contributed by atoms with E-state index in [4.69, 9.17) is 14.2 Å². The molecule has 0 spiro atoms. The van der Waals surface area contributed by atoms with E-state index < -0.39 is 12.1 Å². The largest absolute Gasteiger partial charge is 0.493 e. The second kappa shape index (κ2) is 13.9. The van der Waals surface area contributed by atoms with Crippen molar-refractivity contribution in [2.24, 2.45) is 5.92 Å². The average molecular weight is 580 g/mol. The summed E-state index contributed by atoms with van der Waals surface area (Å²) in [5.74, 6) is 1.46. The van der Waals surface area contributed by atoms with E-state index in [9.17, 15) is 14.4 Å². The summed E-state index contributed by atoms with van der Waals surface area (Å²) in [5.41, 5.74) is 3.24. The number of ether oxygens (including phenoxy) is 3. The number of nitrogens with one attached hydrogen (secondary N) is 3. The monoisotopic (exact) mass is 579 g/mol. The lowest BCUT2D eigenvalue weighted by Gasteiger charge is -2.27. The van der Waals surface area contributed by atoms with Crippen molar-refractivity contribution in [3.8, 4) is 28.4 Å². The third-order valence-corrected chi connectivity index (χ3v) is 8.22. The number of methoxy groups -OCH3 is 3. The number of fused-ring (bicyclic) bond motifs is 3. The van der Waals surface area contributed by atoms with Crippen molar-refractivity contribution in [1.82, 2.24) is 10.6 Å². The quantitative estimate of drug-likeness (QED) is 0.357. The summed E-state index contributed by atoms with van der Waals surface area (Å²) < 4.78 is 17.2. The lowest BCUT2D eigenvalue weighted by atomic mass is 9.94. The Morgan fingerprint density at radius 3 is 2.26 bits per heavy atom. The molecule has 9 nitrogen and oxygen atoms in total. The van der Waals surface area contributed by atoms with Crippen LogP contribution in [0.5, 0.6) is 17.2 Å². The second-order valence-corrected chi connectivity index (χ2v) is 11.8. The Kier molecular flexibility index (Phi) is 10.4. The van der Waals surface area contributed by atoms with E-state index in [1.807, 2.05) is 12.1 Å². The Balaban J connectivity index is 1.82. The van der Waals surface area contributed by atoms with Gasteiger partial charge in [-0.25, -0.2) is 0 Å². The van der Waals surface area contributed by atoms with Crippen molar-refractivity contribution in [3.05, 3.63) is 45.6 Å². The molecule has 0 unspecified atom stereocenters. The molecule has 0 aromatic heterocycles. The van der Waals surface area contributed by atoms with E-state index in [0.29, 0.717) is 47.8 Å². The van der Waals surface area contributed by atoms with E-state index in [-0.39, 0.29) is 29.2 Å². The van der Waals surface area contributed by atoms with Gasteiger partial charge in [-0.15, -0.1) is 0 Å². The van der Waals surface area contributed by atoms with Gasteiger partial charge in [0.2, 0.25) is 23.0 Å². The van der Waals surface area contributed by atoms with Gasteiger partial charge in [-0.2, -0.15) is 0 Å². The van der Waals surface area contributed by atoms with Crippen LogP contribution < -0.4 is 35.6 Å². The molecule has 2 atom stereocenters. The number of rotatable bonds is 10. The lowest BCUT2D eigenvalue weighted by Crippen LogP contribution is -2.46. The summed E-state index contributed by atoms with van der Waals surface area (Å²) in [6.07, 6.45) is 7.19. The van der Waals surface area contributed by atoms with Gasteiger partial charge in [0.05, 0.1) is 33.1 Å². The minimum absolute atomic E-state index is 0.0805. The Morgan fingerprint density at radius 1 is 0.929 bits per heavy atom. The molecule has 0 aliphatic heterocycles. The molecule has 2 aromatic carbocycles. The van der Waals surface area contributed by atoms with Crippen LogP contribution in [0.15, 0.2) is 29.1 Å². The minimum atomic E-state index is -0.556. The van der Waals surface area contributed by atoms with Crippen LogP contribution in [0.3, 0.4) is 0 Å². The molecule has 1 fully saturated rings. The SMILES string of the molecule is COc1cc2c(c(OC)c1OC)-c1ccc(N[C@@H](CC(C)C)C(=O)NC3CCCCC3)c(=O)cc1[C@@H](NC(C)=O)CC2. The van der Waals surface area contributed by atoms with Crippen LogP contribution in [-0.2, 0) is 16.0 Å². The van der Waals surface area contributed by atoms with Crippen molar-refractivity contribution in [2.75, 3.05) is 26.6 Å². The zero-order valence-corrected chi connectivity index (χ0v) is 25.7. The zero-order valence-electron chi connectivity index (χ0n) is 25.7. The van der Waals surface area contributed by atoms with Crippen LogP contribution in [0, 0.1) is 5.92 Å². The number of anilines is 1. The molecule has 0 bridgehead atoms. The van der Waals surface area contributed by atoms with Crippen LogP contribution in [-0.4, -0.2) is 45.2 Å². The summed E-state index contributed by atoms with van der Waals surface area (Å²) in [6.45, 7) is 5.60. The highest BCUT2D eigenvalue weighted by atomic mass is 16.5. The molecule has 0 radical (unpaired) electrons. The first-order valence-electron chi connectivity index (χ1n) is 15.0. The molecule has 228 valence electrons. The molecule has 2 aliphatic rings. The maximum Gasteiger partial charge on any atom is 0.242 e. The van der Waals surface area contributed by atoms with Crippen molar-refractivity contribution in [1.29, 1.82) is 0 Å². The summed E-state index contributed by atoms with van der Waals surface area (Å²) in [6, 6.07) is 6.33. The third-order valence-electron chi connectivity index (χ3n) is 8.22. The number of benzene rings is 1. The van der Waals surface area contributed by atoms with Crippen LogP contribution in [0.4, 0.5) is 5.69 Å². The predicted molar refractivity (Wildman–Crippen MR) is 165 cm³/mol. The summed E-state index contributed by atoms with van der Waals surface area (Å²) in [7, 11) is 4.71. The molecule has 3 N–H and O–H groups in total. The molecule has 0 saturated heterocycles. The zero-order chi connectivity index (χ0) is 30.4. The fourth-order valence-electron chi connectivity index (χ4n) is 6.27. The Labute approximate surface area is 248 Å². The Morgan fingerprint density at radius 2 is 1.64 bits per heavy atom. The van der Waals surface area contributed by atoms with Gasteiger partial charge in [-0.3, -0.25) is 14.4 Å². The number of hydrogen-bond donors (Lipinski definition) is 3. The van der Waals surface area contributed by atoms with Gasteiger partial charge in [-0.1, -0.05) is 39.2 Å². The fourth-order valence-corrected chi connectivity index (χ4v) is 6.27. The van der Waals surface area contributed by atoms with Gasteiger partial charge < -0.3 is 30.2 Å². The summed E-state index contributed by atoms with van der Waals surface area (Å²) in [5, 5.41) is 9.54. The van der Waals surface area contributed by atoms with Gasteiger partial charge in [0.1, 0.15) is 6.04 Å². The van der Waals surface area contributed by atoms with Crippen molar-refractivity contribution in [2.45, 2.75) is 90.3 Å². The third kappa shape index (κ3) is 6.99. The molecular formula is C33H45N3O6. The molecule has 0 heterocycles. The van der Waals surface area contributed by atoms with Gasteiger partial charge in [-0.05, 0) is 72.9 Å². The first-order chi connectivity index (χ1) is 20.2. The van der Waals surface area contributed by atoms with Gasteiger partial charge in [0.15, 0.2) is 11.5 Å². The van der Waals surface area contributed by atoms with Crippen molar-refractivity contribution >= 4 is 17.5 Å². The second-order valence-electron chi connectivity index (χ2n) is 11.8. The van der Waals surface area contributed by atoms with Crippen LogP contribution in [0.2, 0.25) is 0 Å². The Bertz CT molecular complexity index is 1350. The molecule has 2 amide bonds. The first-order valence-corrected chi connectivity index (χ1v) is 15.0. The highest BCUT2D eigenvalue weighted by Crippen LogP contribution is 2.50. The molecule has 2 aliphatic carbocycles. The predicted octanol–water partition coefficient (Wildman–Crippen LogP) is 5.14. The fraction of sp³-hybridized carbons (Fsp3) is 0.545. The summed E-state index contributed by atoms with van der Waals surface area (Å²) in [4.78, 5) is 39.4. The van der Waals surface area contributed by atoms with Crippen LogP contribution in [0.1, 0.15) is 82.9 Å². The van der Waals surface area contributed by atoms with Crippen LogP contribution in [0.25, 0.3) is 11.1 Å². The lowest BCUT2D eigenvalue weighted by molar-refractivity contribution is -0.123. The van der Waals surface area contributed by atoms with Gasteiger partial charge in [0.25, 0.3) is 0 Å². The van der Waals surface area contributed by atoms with E-state index >= 15 is 0 Å². The molecule has 9 heteroatoms. The number of hydrogen-bond acceptors (Lipinski definition) is 7. The number of carbonyl (C=O) groups is 2. The standard InChI is InChI=1S/C33H45N3O6/c1-19(2)16-27(33(39)35-22-10-8-7-9-11-22)36-26-15-13-23-24(18-28(26)38)25(34-20(3)37)14-12-21-17-29(40-4)31(41-5)32(42-6)30(21)23/h13,15,17-19,22,25,27H,7-12,14,16H2,1-6H3,(H,34,37)(H,35,39)(H,36,38)/t25-,27-/m0/s1. The Hall–Kier alpha value is -3.75. The van der Waals surface area contributed by atoms with Gasteiger partial charge >= 0.3 is 0 Å². The number of amides is 2. The van der Waals surface area contributed by atoms with Crippen LogP contribution >= 0.6 is 0 Å². The van der Waals surface area contributed by atoms with E-state index in [0.717, 1.165) is 42.4 Å². The molecule has 4 rings (SSSR count). The average Bonchev–Trinajstić information content (AvgIpc) is 3.20. The first kappa shape index (κ1) is 31.2. The van der Waals surface area contributed by atoms with E-state index in [2.05, 4.69) is 29.8 Å². The number of carbonyl (C=O) groups excluding carboxylic acids is 2. The molecule has 42 heavy (non-hydrogen) atoms. The topological polar surface area (TPSA) is 115 Å². The van der Waals surface area contributed by atoms with Gasteiger partial charge in [0, 0.05) is 18.5 Å². The highest BCUT2D eigenvalue weighted by molar-refractivity contribution is 5.86. The van der Waals surface area contributed by atoms with Crippen molar-refractivity contribution < 1.29 is 23.8 Å². The van der Waals surface area contributed by atoms with E-state index in [1.54, 1.807) is 33.5 Å². The van der Waals surface area contributed by atoms with Crippen molar-refractivity contribution in [3.63, 3.8) is 0 Å². The smallest absolute Gasteiger partial charge is 0.242 e. The summed E-state index contributed by atoms with van der Waals surface area (Å²) >= 11 is 0. The molecule has 2 aromatic rings. The minimum Gasteiger partial charge on any atom is -0.493 e.